The number of rotatable bonds is 8. The molecule has 0 unspecified atom stereocenters. The maximum Gasteiger partial charge on any atom is 0.511 e. The average Bonchev–Trinajstić information content (AvgIpc) is 3.39. The number of aromatic nitrogens is 1. The van der Waals surface area contributed by atoms with Crippen LogP contribution in [0.15, 0.2) is 58.6 Å². The second kappa shape index (κ2) is 14.0. The highest BCUT2D eigenvalue weighted by Gasteiger charge is 2.54. The summed E-state index contributed by atoms with van der Waals surface area (Å²) in [7, 11) is 0. The van der Waals surface area contributed by atoms with Gasteiger partial charge in [-0.25, -0.2) is 13.6 Å². The molecule has 3 atom stereocenters. The zero-order valence-electron chi connectivity index (χ0n) is 27.1. The zero-order chi connectivity index (χ0) is 34.2. The first-order chi connectivity index (χ1) is 23.0. The molecule has 0 aliphatic carbocycles. The Hall–Kier alpha value is -5.31. The smallest absolute Gasteiger partial charge is 0.451 e. The van der Waals surface area contributed by atoms with Gasteiger partial charge in [0, 0.05) is 44.8 Å². The summed E-state index contributed by atoms with van der Waals surface area (Å²) in [6, 6.07) is 9.42. The Morgan fingerprint density at radius 2 is 1.90 bits per heavy atom. The lowest BCUT2D eigenvalue weighted by molar-refractivity contribution is -0.0658. The molecule has 2 amide bonds. The number of oxime groups is 1. The average molecular weight is 685 g/mol. The molecule has 15 heteroatoms. The van der Waals surface area contributed by atoms with E-state index in [1.165, 1.54) is 16.8 Å². The number of hydrogen-bond donors (Lipinski definition) is 1. The predicted octanol–water partition coefficient (Wildman–Crippen LogP) is 4.19. The van der Waals surface area contributed by atoms with Gasteiger partial charge >= 0.3 is 6.16 Å². The molecule has 2 aromatic carbocycles. The summed E-state index contributed by atoms with van der Waals surface area (Å²) in [4.78, 5) is 61.5. The van der Waals surface area contributed by atoms with Crippen LogP contribution in [0, 0.1) is 18.6 Å². The van der Waals surface area contributed by atoms with Crippen molar-refractivity contribution in [2.75, 3.05) is 13.3 Å². The number of benzene rings is 2. The summed E-state index contributed by atoms with van der Waals surface area (Å²) >= 11 is 0. The van der Waals surface area contributed by atoms with Gasteiger partial charge in [-0.2, -0.15) is 0 Å². The Morgan fingerprint density at radius 3 is 2.61 bits per heavy atom. The highest BCUT2D eigenvalue weighted by Crippen LogP contribution is 2.46. The van der Waals surface area contributed by atoms with Crippen LogP contribution in [0.25, 0.3) is 0 Å². The molecule has 0 saturated carbocycles. The van der Waals surface area contributed by atoms with E-state index in [2.05, 4.69) is 10.5 Å². The van der Waals surface area contributed by atoms with Crippen molar-refractivity contribution < 1.29 is 49.1 Å². The van der Waals surface area contributed by atoms with Gasteiger partial charge < -0.3 is 39.3 Å². The summed E-state index contributed by atoms with van der Waals surface area (Å²) in [6.45, 7) is 4.58. The van der Waals surface area contributed by atoms with Gasteiger partial charge in [-0.15, -0.1) is 0 Å². The first-order valence-electron chi connectivity index (χ1n) is 15.5. The topological polar surface area (TPSA) is 169 Å². The van der Waals surface area contributed by atoms with E-state index in [-0.39, 0.29) is 43.9 Å². The van der Waals surface area contributed by atoms with Crippen molar-refractivity contribution in [3.05, 3.63) is 98.5 Å². The number of carbonyl (C=O) groups is 3. The largest absolute Gasteiger partial charge is 0.511 e. The van der Waals surface area contributed by atoms with Crippen molar-refractivity contribution in [3.63, 3.8) is 0 Å². The van der Waals surface area contributed by atoms with E-state index in [4.69, 9.17) is 19.0 Å². The van der Waals surface area contributed by atoms with Crippen LogP contribution in [0.2, 0.25) is 0 Å². The molecule has 3 aromatic rings. The van der Waals surface area contributed by atoms with E-state index in [0.29, 0.717) is 25.3 Å². The second-order valence-corrected chi connectivity index (χ2v) is 12.3. The van der Waals surface area contributed by atoms with Crippen LogP contribution in [0.4, 0.5) is 13.6 Å². The van der Waals surface area contributed by atoms with E-state index >= 15 is 0 Å². The number of halogens is 2. The molecule has 6 rings (SSSR count). The van der Waals surface area contributed by atoms with Gasteiger partial charge in [0.2, 0.25) is 18.0 Å². The van der Waals surface area contributed by atoms with Gasteiger partial charge in [0.05, 0.1) is 11.8 Å². The van der Waals surface area contributed by atoms with Crippen molar-refractivity contribution in [3.8, 4) is 5.75 Å². The Kier molecular flexibility index (Phi) is 10.0. The van der Waals surface area contributed by atoms with Gasteiger partial charge in [0.1, 0.15) is 23.8 Å². The van der Waals surface area contributed by atoms with Gasteiger partial charge in [-0.3, -0.25) is 14.4 Å². The van der Waals surface area contributed by atoms with Crippen molar-refractivity contribution in [2.45, 2.75) is 70.9 Å². The lowest BCUT2D eigenvalue weighted by Gasteiger charge is -2.42. The number of aryl methyl sites for hydroxylation is 1. The third kappa shape index (κ3) is 6.84. The number of amides is 2. The van der Waals surface area contributed by atoms with Gasteiger partial charge in [0.25, 0.3) is 11.8 Å². The lowest BCUT2D eigenvalue weighted by atomic mass is 9.84. The standard InChI is InChI=1S/C34H34F2N4O8.H2O.H2/c1-19-6-4-5-7-23(19)17-45-33(44)47-18-46-30-28-32(43)39-16-27(34(11-10-21(39)3)13-20(2)38-48-34)40(28)15-25(29(30)41)31(42)37-14-22-8-9-24(35)12-26(22)36;;/h4-9,12,15,21,27H,10-11,13-14,16-18H2,1-3H3,(H,37,42);1H2;1H/t21-,27+,34-;;/m0../s1. The molecule has 3 aliphatic rings. The Labute approximate surface area is 281 Å². The van der Waals surface area contributed by atoms with Gasteiger partial charge in [-0.05, 0) is 50.8 Å². The van der Waals surface area contributed by atoms with Crippen LogP contribution < -0.4 is 15.5 Å². The first kappa shape index (κ1) is 35.0. The third-order valence-electron chi connectivity index (χ3n) is 9.11. The maximum absolute atomic E-state index is 14.3. The van der Waals surface area contributed by atoms with E-state index in [9.17, 15) is 28.0 Å². The molecule has 3 N–H and O–H groups in total. The predicted molar refractivity (Wildman–Crippen MR) is 172 cm³/mol. The molecule has 2 bridgehead atoms. The molecule has 1 fully saturated rings. The first-order valence-corrected chi connectivity index (χ1v) is 15.5. The minimum Gasteiger partial charge on any atom is -0.451 e. The molecule has 262 valence electrons. The molecule has 1 aromatic heterocycles. The number of nitrogens with one attached hydrogen (secondary N) is 1. The third-order valence-corrected chi connectivity index (χ3v) is 9.11. The number of carbonyl (C=O) groups excluding carboxylic acids is 3. The number of fused-ring (bicyclic) bond motifs is 5. The van der Waals surface area contributed by atoms with Crippen LogP contribution in [0.3, 0.4) is 0 Å². The van der Waals surface area contributed by atoms with E-state index < -0.39 is 64.8 Å². The van der Waals surface area contributed by atoms with Crippen LogP contribution in [0.1, 0.15) is 78.1 Å². The Morgan fingerprint density at radius 1 is 1.12 bits per heavy atom. The lowest BCUT2D eigenvalue weighted by Crippen LogP contribution is -2.52. The monoisotopic (exact) mass is 684 g/mol. The zero-order valence-corrected chi connectivity index (χ0v) is 27.1. The number of pyridine rings is 1. The SMILES string of the molecule is CC1=NO[C@@]2(CC[C@H](C)N3C[C@H]2n2cc(C(=O)NCc4ccc(F)cc4F)c(=O)c(OCOC(=O)OCc4ccccc4C)c2C3=O)C1.O.[HH]. The highest BCUT2D eigenvalue weighted by molar-refractivity contribution is 5.99. The summed E-state index contributed by atoms with van der Waals surface area (Å²) < 4.78 is 45.2. The minimum atomic E-state index is -1.08. The molecule has 3 aliphatic heterocycles. The number of nitrogens with zero attached hydrogens (tertiary/aromatic N) is 3. The fraction of sp³-hybridized carbons (Fsp3) is 0.382. The van der Waals surface area contributed by atoms with Crippen molar-refractivity contribution >= 4 is 23.7 Å². The molecule has 4 heterocycles. The molecule has 0 radical (unpaired) electrons. The number of ether oxygens (including phenoxy) is 3. The van der Waals surface area contributed by atoms with Crippen LogP contribution in [-0.4, -0.2) is 63.6 Å². The maximum atomic E-state index is 14.3. The second-order valence-electron chi connectivity index (χ2n) is 12.3. The molecule has 13 nitrogen and oxygen atoms in total. The van der Waals surface area contributed by atoms with Gasteiger partial charge in [-0.1, -0.05) is 35.5 Å². The molecular weight excluding hydrogens is 646 g/mol. The summed E-state index contributed by atoms with van der Waals surface area (Å²) in [6.07, 6.45) is 1.77. The quantitative estimate of drug-likeness (QED) is 0.272. The van der Waals surface area contributed by atoms with E-state index in [1.807, 2.05) is 32.9 Å². The fourth-order valence-electron chi connectivity index (χ4n) is 6.43. The molecule has 1 saturated heterocycles. The summed E-state index contributed by atoms with van der Waals surface area (Å²) in [5, 5.41) is 6.69. The highest BCUT2D eigenvalue weighted by atomic mass is 19.1. The fourth-order valence-corrected chi connectivity index (χ4v) is 6.43. The summed E-state index contributed by atoms with van der Waals surface area (Å²) in [5.41, 5.74) is 0.0294. The summed E-state index contributed by atoms with van der Waals surface area (Å²) in [5.74, 6) is -3.57. The van der Waals surface area contributed by atoms with Crippen LogP contribution in [0.5, 0.6) is 5.75 Å². The molecule has 1 spiro atoms. The van der Waals surface area contributed by atoms with Crippen LogP contribution in [-0.2, 0) is 27.5 Å². The Balaban J connectivity index is 0.00000281. The molecular formula is C34H38F2N4O9. The normalized spacial score (nSPS) is 20.7. The van der Waals surface area contributed by atoms with Crippen molar-refractivity contribution in [1.29, 1.82) is 0 Å². The van der Waals surface area contributed by atoms with E-state index in [1.54, 1.807) is 17.0 Å². The van der Waals surface area contributed by atoms with E-state index in [0.717, 1.165) is 22.9 Å². The van der Waals surface area contributed by atoms with Gasteiger partial charge in [0.15, 0.2) is 11.3 Å². The van der Waals surface area contributed by atoms with Crippen LogP contribution >= 0.6 is 0 Å². The minimum absolute atomic E-state index is 0. The number of hydrogen-bond acceptors (Lipinski definition) is 9. The van der Waals surface area contributed by atoms with Crippen molar-refractivity contribution in [2.24, 2.45) is 5.16 Å². The Bertz CT molecular complexity index is 1890. The van der Waals surface area contributed by atoms with Crippen molar-refractivity contribution in [1.82, 2.24) is 14.8 Å². The molecule has 49 heavy (non-hydrogen) atoms.